The van der Waals surface area contributed by atoms with Crippen LogP contribution in [0.25, 0.3) is 10.9 Å². The minimum absolute atomic E-state index is 0.0950. The first-order valence-corrected chi connectivity index (χ1v) is 11.5. The van der Waals surface area contributed by atoms with Crippen molar-refractivity contribution in [3.8, 4) is 6.07 Å². The van der Waals surface area contributed by atoms with E-state index in [1.54, 1.807) is 11.9 Å². The Morgan fingerprint density at radius 1 is 1.19 bits per heavy atom. The molecular formula is C27H29N3O2. The standard InChI is InChI=1S/C27H29N3O2/c1-18-16-27(18,17-28)30-24-10-9-20(21-11-12-32-19(2)13-21)14-22(24)15-25(30)26(31)29(3)23-7-5-4-6-8-23/h4-10,14-15,18-19,21H,11-13,16H2,1-3H3/t18-,19-,21?,27+/m0/s1. The highest BCUT2D eigenvalue weighted by Gasteiger charge is 2.55. The molecule has 164 valence electrons. The van der Waals surface area contributed by atoms with Gasteiger partial charge in [-0.2, -0.15) is 5.26 Å². The first-order valence-electron chi connectivity index (χ1n) is 11.5. The number of para-hydroxylation sites is 1. The van der Waals surface area contributed by atoms with Crippen LogP contribution in [0.5, 0.6) is 0 Å². The number of fused-ring (bicyclic) bond motifs is 1. The number of hydrogen-bond acceptors (Lipinski definition) is 3. The predicted molar refractivity (Wildman–Crippen MR) is 126 cm³/mol. The van der Waals surface area contributed by atoms with Crippen molar-refractivity contribution in [1.82, 2.24) is 4.57 Å². The fourth-order valence-electron chi connectivity index (χ4n) is 5.24. The molecule has 0 bridgehead atoms. The van der Waals surface area contributed by atoms with E-state index in [-0.39, 0.29) is 17.9 Å². The highest BCUT2D eigenvalue weighted by atomic mass is 16.5. The number of nitriles is 1. The Labute approximate surface area is 189 Å². The van der Waals surface area contributed by atoms with Gasteiger partial charge in [0.05, 0.1) is 17.7 Å². The summed E-state index contributed by atoms with van der Waals surface area (Å²) in [5.41, 5.74) is 3.01. The fraction of sp³-hybridized carbons (Fsp3) is 0.407. The number of benzene rings is 2. The van der Waals surface area contributed by atoms with E-state index in [9.17, 15) is 10.1 Å². The van der Waals surface area contributed by atoms with E-state index >= 15 is 0 Å². The second-order valence-corrected chi connectivity index (χ2v) is 9.43. The van der Waals surface area contributed by atoms with Crippen LogP contribution in [0.15, 0.2) is 54.6 Å². The molecule has 2 heterocycles. The molecule has 1 unspecified atom stereocenters. The molecule has 5 rings (SSSR count). The van der Waals surface area contributed by atoms with Crippen molar-refractivity contribution in [3.05, 3.63) is 65.9 Å². The zero-order valence-corrected chi connectivity index (χ0v) is 18.9. The molecule has 1 aromatic heterocycles. The van der Waals surface area contributed by atoms with E-state index in [0.29, 0.717) is 11.6 Å². The minimum atomic E-state index is -0.654. The molecule has 0 spiro atoms. The number of amides is 1. The van der Waals surface area contributed by atoms with Crippen molar-refractivity contribution < 1.29 is 9.53 Å². The smallest absolute Gasteiger partial charge is 0.274 e. The van der Waals surface area contributed by atoms with E-state index in [4.69, 9.17) is 4.74 Å². The molecule has 3 aromatic rings. The third kappa shape index (κ3) is 3.30. The summed E-state index contributed by atoms with van der Waals surface area (Å²) in [6, 6.07) is 20.6. The van der Waals surface area contributed by atoms with E-state index in [2.05, 4.69) is 38.1 Å². The van der Waals surface area contributed by atoms with Crippen molar-refractivity contribution in [1.29, 1.82) is 5.26 Å². The SMILES string of the molecule is C[C@H]1CC(c2ccc3c(c2)cc(C(=O)N(C)c2ccccc2)n3[C@@]2(C#N)C[C@@H]2C)CCO1. The molecule has 0 N–H and O–H groups in total. The Bertz CT molecular complexity index is 1210. The van der Waals surface area contributed by atoms with E-state index in [1.165, 1.54) is 5.56 Å². The van der Waals surface area contributed by atoms with Gasteiger partial charge in [0, 0.05) is 24.7 Å². The van der Waals surface area contributed by atoms with Crippen molar-refractivity contribution in [3.63, 3.8) is 0 Å². The summed E-state index contributed by atoms with van der Waals surface area (Å²) in [6.45, 7) is 5.00. The van der Waals surface area contributed by atoms with Gasteiger partial charge in [0.1, 0.15) is 11.2 Å². The van der Waals surface area contributed by atoms with Gasteiger partial charge in [0.2, 0.25) is 0 Å². The van der Waals surface area contributed by atoms with Gasteiger partial charge in [-0.3, -0.25) is 4.79 Å². The van der Waals surface area contributed by atoms with Crippen LogP contribution in [-0.4, -0.2) is 30.2 Å². The lowest BCUT2D eigenvalue weighted by molar-refractivity contribution is 0.0186. The van der Waals surface area contributed by atoms with Crippen molar-refractivity contribution in [2.75, 3.05) is 18.6 Å². The fourth-order valence-corrected chi connectivity index (χ4v) is 5.24. The molecule has 2 aliphatic rings. The molecule has 5 heteroatoms. The molecule has 1 aliphatic carbocycles. The average molecular weight is 428 g/mol. The molecule has 1 aliphatic heterocycles. The van der Waals surface area contributed by atoms with Crippen molar-refractivity contribution >= 4 is 22.5 Å². The summed E-state index contributed by atoms with van der Waals surface area (Å²) >= 11 is 0. The highest BCUT2D eigenvalue weighted by Crippen LogP contribution is 2.52. The summed E-state index contributed by atoms with van der Waals surface area (Å²) in [6.07, 6.45) is 3.05. The molecule has 2 aromatic carbocycles. The van der Waals surface area contributed by atoms with Gasteiger partial charge in [0.25, 0.3) is 5.91 Å². The Morgan fingerprint density at radius 2 is 1.94 bits per heavy atom. The van der Waals surface area contributed by atoms with Crippen molar-refractivity contribution in [2.24, 2.45) is 5.92 Å². The largest absolute Gasteiger partial charge is 0.378 e. The lowest BCUT2D eigenvalue weighted by Gasteiger charge is -2.27. The quantitative estimate of drug-likeness (QED) is 0.556. The Morgan fingerprint density at radius 3 is 2.59 bits per heavy atom. The highest BCUT2D eigenvalue weighted by molar-refractivity contribution is 6.08. The maximum absolute atomic E-state index is 13.6. The maximum Gasteiger partial charge on any atom is 0.274 e. The Kier molecular flexibility index (Phi) is 5.06. The maximum atomic E-state index is 13.6. The molecular weight excluding hydrogens is 398 g/mol. The molecule has 1 amide bonds. The normalized spacial score (nSPS) is 27.1. The zero-order chi connectivity index (χ0) is 22.5. The van der Waals surface area contributed by atoms with Gasteiger partial charge in [-0.25, -0.2) is 0 Å². The molecule has 1 saturated heterocycles. The topological polar surface area (TPSA) is 58.3 Å². The van der Waals surface area contributed by atoms with Gasteiger partial charge in [0.15, 0.2) is 0 Å². The lowest BCUT2D eigenvalue weighted by atomic mass is 9.88. The van der Waals surface area contributed by atoms with Crippen LogP contribution in [0.1, 0.15) is 55.1 Å². The first-order chi connectivity index (χ1) is 15.4. The Balaban J connectivity index is 1.61. The molecule has 4 atom stereocenters. The number of nitrogens with zero attached hydrogens (tertiary/aromatic N) is 3. The second-order valence-electron chi connectivity index (χ2n) is 9.43. The molecule has 32 heavy (non-hydrogen) atoms. The molecule has 0 radical (unpaired) electrons. The van der Waals surface area contributed by atoms with Gasteiger partial charge in [-0.05, 0) is 73.9 Å². The first kappa shape index (κ1) is 20.8. The number of ether oxygens (including phenoxy) is 1. The lowest BCUT2D eigenvalue weighted by Crippen LogP contribution is -2.31. The van der Waals surface area contributed by atoms with Crippen LogP contribution < -0.4 is 4.90 Å². The summed E-state index contributed by atoms with van der Waals surface area (Å²) in [7, 11) is 1.80. The zero-order valence-electron chi connectivity index (χ0n) is 18.9. The van der Waals surface area contributed by atoms with Gasteiger partial charge in [-0.15, -0.1) is 0 Å². The Hall–Kier alpha value is -3.10. The number of hydrogen-bond donors (Lipinski definition) is 0. The number of carbonyl (C=O) groups is 1. The second kappa shape index (κ2) is 7.79. The van der Waals surface area contributed by atoms with Gasteiger partial charge >= 0.3 is 0 Å². The molecule has 2 fully saturated rings. The van der Waals surface area contributed by atoms with Crippen LogP contribution in [0, 0.1) is 17.2 Å². The number of rotatable bonds is 4. The third-order valence-corrected chi connectivity index (χ3v) is 7.31. The minimum Gasteiger partial charge on any atom is -0.378 e. The van der Waals surface area contributed by atoms with Crippen molar-refractivity contribution in [2.45, 2.75) is 50.7 Å². The molecule has 5 nitrogen and oxygen atoms in total. The average Bonchev–Trinajstić information content (AvgIpc) is 3.33. The van der Waals surface area contributed by atoms with Crippen LogP contribution in [0.3, 0.4) is 0 Å². The summed E-state index contributed by atoms with van der Waals surface area (Å²) in [4.78, 5) is 15.3. The number of aromatic nitrogens is 1. The van der Waals surface area contributed by atoms with Gasteiger partial charge < -0.3 is 14.2 Å². The summed E-state index contributed by atoms with van der Waals surface area (Å²) in [5.74, 6) is 0.581. The number of carbonyl (C=O) groups excluding carboxylic acids is 1. The number of anilines is 1. The summed E-state index contributed by atoms with van der Waals surface area (Å²) in [5, 5.41) is 11.1. The monoisotopic (exact) mass is 427 g/mol. The third-order valence-electron chi connectivity index (χ3n) is 7.31. The van der Waals surface area contributed by atoms with E-state index in [1.807, 2.05) is 41.0 Å². The van der Waals surface area contributed by atoms with E-state index in [0.717, 1.165) is 42.5 Å². The summed E-state index contributed by atoms with van der Waals surface area (Å²) < 4.78 is 7.73. The van der Waals surface area contributed by atoms with Crippen LogP contribution in [0.4, 0.5) is 5.69 Å². The predicted octanol–water partition coefficient (Wildman–Crippen LogP) is 5.46. The van der Waals surface area contributed by atoms with Gasteiger partial charge in [-0.1, -0.05) is 31.2 Å². The van der Waals surface area contributed by atoms with E-state index < -0.39 is 5.54 Å². The van der Waals surface area contributed by atoms with Crippen LogP contribution in [0.2, 0.25) is 0 Å². The molecule has 1 saturated carbocycles. The van der Waals surface area contributed by atoms with Crippen LogP contribution >= 0.6 is 0 Å². The van der Waals surface area contributed by atoms with Crippen LogP contribution in [-0.2, 0) is 10.3 Å².